The van der Waals surface area contributed by atoms with Crippen molar-refractivity contribution in [1.82, 2.24) is 9.78 Å². The number of rotatable bonds is 3. The first-order valence-corrected chi connectivity index (χ1v) is 6.97. The smallest absolute Gasteiger partial charge is 0.141 e. The average Bonchev–Trinajstić information content (AvgIpc) is 2.79. The second kappa shape index (κ2) is 5.47. The van der Waals surface area contributed by atoms with Crippen LogP contribution in [0.1, 0.15) is 17.4 Å². The van der Waals surface area contributed by atoms with Gasteiger partial charge in [0.25, 0.3) is 0 Å². The number of halogens is 2. The summed E-state index contributed by atoms with van der Waals surface area (Å²) in [5.41, 5.74) is 2.40. The first-order valence-electron chi connectivity index (χ1n) is 6.60. The second-order valence-corrected chi connectivity index (χ2v) is 5.39. The molecule has 5 heteroatoms. The van der Waals surface area contributed by atoms with Gasteiger partial charge >= 0.3 is 0 Å². The van der Waals surface area contributed by atoms with Gasteiger partial charge in [-0.25, -0.2) is 4.39 Å². The molecule has 0 aliphatic carbocycles. The molecule has 3 rings (SSSR count). The molecule has 1 heterocycles. The number of benzene rings is 2. The zero-order valence-corrected chi connectivity index (χ0v) is 12.2. The Morgan fingerprint density at radius 1 is 1.29 bits per heavy atom. The molecule has 1 atom stereocenters. The Labute approximate surface area is 126 Å². The van der Waals surface area contributed by atoms with E-state index in [0.717, 1.165) is 16.6 Å². The minimum atomic E-state index is -0.776. The highest BCUT2D eigenvalue weighted by molar-refractivity contribution is 6.30. The number of hydrogen-bond acceptors (Lipinski definition) is 2. The summed E-state index contributed by atoms with van der Waals surface area (Å²) in [4.78, 5) is 0. The molecule has 0 aliphatic rings. The highest BCUT2D eigenvalue weighted by Gasteiger charge is 2.15. The van der Waals surface area contributed by atoms with Crippen molar-refractivity contribution in [1.29, 1.82) is 0 Å². The molecule has 0 spiro atoms. The normalized spacial score (nSPS) is 12.8. The van der Waals surface area contributed by atoms with Gasteiger partial charge in [-0.1, -0.05) is 35.9 Å². The van der Waals surface area contributed by atoms with Gasteiger partial charge in [0, 0.05) is 18.9 Å². The molecule has 3 nitrogen and oxygen atoms in total. The molecule has 0 amide bonds. The van der Waals surface area contributed by atoms with Crippen LogP contribution in [-0.4, -0.2) is 14.9 Å². The molecule has 1 aromatic heterocycles. The van der Waals surface area contributed by atoms with Gasteiger partial charge in [-0.3, -0.25) is 4.68 Å². The molecule has 0 fully saturated rings. The fourth-order valence-electron chi connectivity index (χ4n) is 2.46. The van der Waals surface area contributed by atoms with Crippen LogP contribution in [0, 0.1) is 5.82 Å². The molecule has 3 aromatic rings. The Morgan fingerprint density at radius 3 is 2.81 bits per heavy atom. The number of aliphatic hydroxyl groups excluding tert-OH is 1. The minimum Gasteiger partial charge on any atom is -0.388 e. The second-order valence-electron chi connectivity index (χ2n) is 4.98. The lowest BCUT2D eigenvalue weighted by Gasteiger charge is -2.10. The van der Waals surface area contributed by atoms with Crippen LogP contribution in [0.2, 0.25) is 5.02 Å². The molecule has 2 aromatic carbocycles. The van der Waals surface area contributed by atoms with E-state index in [0.29, 0.717) is 12.0 Å². The average molecular weight is 305 g/mol. The van der Waals surface area contributed by atoms with Gasteiger partial charge in [0.15, 0.2) is 0 Å². The summed E-state index contributed by atoms with van der Waals surface area (Å²) in [6.45, 7) is 0. The van der Waals surface area contributed by atoms with Crippen molar-refractivity contribution >= 4 is 22.5 Å². The van der Waals surface area contributed by atoms with Crippen LogP contribution < -0.4 is 0 Å². The van der Waals surface area contributed by atoms with Gasteiger partial charge in [-0.2, -0.15) is 5.10 Å². The van der Waals surface area contributed by atoms with E-state index in [4.69, 9.17) is 11.6 Å². The quantitative estimate of drug-likeness (QED) is 0.802. The summed E-state index contributed by atoms with van der Waals surface area (Å²) in [7, 11) is 1.87. The highest BCUT2D eigenvalue weighted by atomic mass is 35.5. The monoisotopic (exact) mass is 304 g/mol. The van der Waals surface area contributed by atoms with E-state index < -0.39 is 11.9 Å². The lowest BCUT2D eigenvalue weighted by Crippen LogP contribution is -2.03. The largest absolute Gasteiger partial charge is 0.388 e. The molecule has 1 N–H and O–H groups in total. The van der Waals surface area contributed by atoms with Crippen LogP contribution in [-0.2, 0) is 13.5 Å². The van der Waals surface area contributed by atoms with Gasteiger partial charge in [-0.15, -0.1) is 0 Å². The van der Waals surface area contributed by atoms with E-state index >= 15 is 0 Å². The van der Waals surface area contributed by atoms with E-state index in [9.17, 15) is 9.50 Å². The van der Waals surface area contributed by atoms with Crippen LogP contribution >= 0.6 is 11.6 Å². The maximum atomic E-state index is 13.2. The first-order chi connectivity index (χ1) is 10.1. The predicted molar refractivity (Wildman–Crippen MR) is 80.8 cm³/mol. The molecule has 0 saturated heterocycles. The van der Waals surface area contributed by atoms with Crippen LogP contribution in [0.15, 0.2) is 42.5 Å². The third-order valence-corrected chi connectivity index (χ3v) is 3.84. The Hall–Kier alpha value is -1.91. The number of fused-ring (bicyclic) bond motifs is 1. The molecule has 0 saturated carbocycles. The third kappa shape index (κ3) is 2.64. The molecule has 0 radical (unpaired) electrons. The summed E-state index contributed by atoms with van der Waals surface area (Å²) in [5.74, 6) is -0.490. The molecule has 0 aliphatic heterocycles. The van der Waals surface area contributed by atoms with Crippen LogP contribution in [0.3, 0.4) is 0 Å². The topological polar surface area (TPSA) is 38.0 Å². The summed E-state index contributed by atoms with van der Waals surface area (Å²) >= 11 is 5.75. The number of aromatic nitrogens is 2. The van der Waals surface area contributed by atoms with Crippen molar-refractivity contribution in [3.05, 3.63) is 64.6 Å². The summed E-state index contributed by atoms with van der Waals surface area (Å²) in [6, 6.07) is 12.1. The number of para-hydroxylation sites is 1. The molecule has 1 unspecified atom stereocenters. The standard InChI is InChI=1S/C16H14ClFN2O/c1-20-15-5-3-2-4-11(15)14(19-20)9-16(21)10-6-7-13(18)12(17)8-10/h2-8,16,21H,9H2,1H3. The molecule has 108 valence electrons. The summed E-state index contributed by atoms with van der Waals surface area (Å²) in [5, 5.41) is 15.8. The van der Waals surface area contributed by atoms with Gasteiger partial charge in [0.2, 0.25) is 0 Å². The maximum absolute atomic E-state index is 13.2. The van der Waals surface area contributed by atoms with Crippen LogP contribution in [0.4, 0.5) is 4.39 Å². The fourth-order valence-corrected chi connectivity index (χ4v) is 2.65. The van der Waals surface area contributed by atoms with E-state index in [-0.39, 0.29) is 5.02 Å². The van der Waals surface area contributed by atoms with E-state index in [2.05, 4.69) is 5.10 Å². The van der Waals surface area contributed by atoms with Gasteiger partial charge in [0.05, 0.1) is 22.3 Å². The van der Waals surface area contributed by atoms with E-state index in [1.807, 2.05) is 31.3 Å². The van der Waals surface area contributed by atoms with Crippen molar-refractivity contribution < 1.29 is 9.50 Å². The molecule has 21 heavy (non-hydrogen) atoms. The molecular formula is C16H14ClFN2O. The number of aliphatic hydroxyl groups is 1. The Bertz CT molecular complexity index is 800. The summed E-state index contributed by atoms with van der Waals surface area (Å²) in [6.07, 6.45) is -0.426. The van der Waals surface area contributed by atoms with Crippen LogP contribution in [0.25, 0.3) is 10.9 Å². The zero-order valence-electron chi connectivity index (χ0n) is 11.4. The number of aryl methyl sites for hydroxylation is 1. The van der Waals surface area contributed by atoms with Gasteiger partial charge in [-0.05, 0) is 23.8 Å². The number of nitrogens with zero attached hydrogens (tertiary/aromatic N) is 2. The molecule has 0 bridgehead atoms. The minimum absolute atomic E-state index is 0.0115. The third-order valence-electron chi connectivity index (χ3n) is 3.55. The van der Waals surface area contributed by atoms with Gasteiger partial charge < -0.3 is 5.11 Å². The highest BCUT2D eigenvalue weighted by Crippen LogP contribution is 2.26. The van der Waals surface area contributed by atoms with E-state index in [1.165, 1.54) is 18.2 Å². The Morgan fingerprint density at radius 2 is 2.05 bits per heavy atom. The fraction of sp³-hybridized carbons (Fsp3) is 0.188. The Balaban J connectivity index is 1.92. The maximum Gasteiger partial charge on any atom is 0.141 e. The lowest BCUT2D eigenvalue weighted by molar-refractivity contribution is 0.177. The van der Waals surface area contributed by atoms with Crippen molar-refractivity contribution in [3.8, 4) is 0 Å². The SMILES string of the molecule is Cn1nc(CC(O)c2ccc(F)c(Cl)c2)c2ccccc21. The predicted octanol–water partition coefficient (Wildman–Crippen LogP) is 3.64. The van der Waals surface area contributed by atoms with Crippen molar-refractivity contribution in [3.63, 3.8) is 0 Å². The van der Waals surface area contributed by atoms with E-state index in [1.54, 1.807) is 4.68 Å². The van der Waals surface area contributed by atoms with Crippen LogP contribution in [0.5, 0.6) is 0 Å². The first kappa shape index (κ1) is 14.0. The van der Waals surface area contributed by atoms with Gasteiger partial charge in [0.1, 0.15) is 5.82 Å². The van der Waals surface area contributed by atoms with Crippen molar-refractivity contribution in [2.24, 2.45) is 7.05 Å². The lowest BCUT2D eigenvalue weighted by atomic mass is 10.0. The van der Waals surface area contributed by atoms with Crippen molar-refractivity contribution in [2.75, 3.05) is 0 Å². The summed E-state index contributed by atoms with van der Waals surface area (Å²) < 4.78 is 15.0. The molecular weight excluding hydrogens is 291 g/mol. The zero-order chi connectivity index (χ0) is 15.0. The number of hydrogen-bond donors (Lipinski definition) is 1. The van der Waals surface area contributed by atoms with Crippen molar-refractivity contribution in [2.45, 2.75) is 12.5 Å². The Kier molecular flexibility index (Phi) is 3.66.